The van der Waals surface area contributed by atoms with Crippen LogP contribution < -0.4 is 24.8 Å². The van der Waals surface area contributed by atoms with Gasteiger partial charge in [0.25, 0.3) is 0 Å². The fourth-order valence-corrected chi connectivity index (χ4v) is 13.3. The molecule has 2 atom stereocenters. The number of rotatable bonds is 4. The van der Waals surface area contributed by atoms with Gasteiger partial charge in [0.15, 0.2) is 0 Å². The van der Waals surface area contributed by atoms with E-state index in [1.54, 1.807) is 11.1 Å². The summed E-state index contributed by atoms with van der Waals surface area (Å²) in [7, 11) is 0. The quantitative estimate of drug-likeness (QED) is 0.254. The summed E-state index contributed by atoms with van der Waals surface area (Å²) >= 11 is -1.21. The summed E-state index contributed by atoms with van der Waals surface area (Å²) in [5.41, 5.74) is 16.8. The molecule has 2 nitrogen and oxygen atoms in total. The molecule has 2 unspecified atom stereocenters. The third-order valence-corrected chi connectivity index (χ3v) is 14.4. The molecule has 0 radical (unpaired) electrons. The summed E-state index contributed by atoms with van der Waals surface area (Å²) in [5, 5.41) is 2.80. The molecule has 2 aromatic heterocycles. The van der Waals surface area contributed by atoms with Crippen molar-refractivity contribution in [3.05, 3.63) is 180 Å². The second-order valence-corrected chi connectivity index (χ2v) is 15.8. The maximum absolute atomic E-state index is 2.53. The normalized spacial score (nSPS) is 15.2. The fourth-order valence-electron chi connectivity index (χ4n) is 8.09. The first-order valence-corrected chi connectivity index (χ1v) is 18.5. The van der Waals surface area contributed by atoms with Gasteiger partial charge in [-0.2, -0.15) is 0 Å². The van der Waals surface area contributed by atoms with Gasteiger partial charge in [-0.15, -0.1) is 0 Å². The van der Waals surface area contributed by atoms with E-state index in [-0.39, 0.29) is 24.8 Å². The third kappa shape index (κ3) is 4.34. The number of hydrogen-bond donors (Lipinski definition) is 0. The van der Waals surface area contributed by atoms with Crippen LogP contribution in [0.15, 0.2) is 158 Å². The minimum absolute atomic E-state index is 0. The van der Waals surface area contributed by atoms with Crippen LogP contribution in [-0.4, -0.2) is 9.13 Å². The fraction of sp³-hybridized carbons (Fsp3) is 0.0476. The van der Waals surface area contributed by atoms with Crippen molar-refractivity contribution < 1.29 is 48.0 Å². The van der Waals surface area contributed by atoms with E-state index in [4.69, 9.17) is 0 Å². The number of nitrogens with zero attached hydrogens (tertiary/aromatic N) is 2. The van der Waals surface area contributed by atoms with Crippen LogP contribution in [0, 0.1) is 0 Å². The van der Waals surface area contributed by atoms with Crippen LogP contribution in [0.1, 0.15) is 29.5 Å². The van der Waals surface area contributed by atoms with E-state index in [0.717, 1.165) is 0 Å². The van der Waals surface area contributed by atoms with Crippen molar-refractivity contribution in [2.24, 2.45) is 0 Å². The average Bonchev–Trinajstić information content (AvgIpc) is 3.82. The summed E-state index contributed by atoms with van der Waals surface area (Å²) in [4.78, 5) is 0. The summed E-state index contributed by atoms with van der Waals surface area (Å²) in [6, 6.07) is 58.5. The standard InChI is InChI=1S/2C21H14N.2ClH.Zr/c2*1-2-9-16(10-3-1)22-20-13-7-6-12-18(20)19-14-15-8-4-5-11-17(15)21(19)22;;;/h2*1-14H;2*1H;/q;;;;+2/p-2. The molecular weight excluding hydrogens is 695 g/mol. The molecule has 8 aromatic rings. The predicted octanol–water partition coefficient (Wildman–Crippen LogP) is 4.50. The zero-order valence-corrected chi connectivity index (χ0v) is 29.3. The molecule has 0 saturated carbocycles. The Labute approximate surface area is 298 Å². The zero-order valence-electron chi connectivity index (χ0n) is 25.3. The van der Waals surface area contributed by atoms with Gasteiger partial charge in [-0.05, 0) is 0 Å². The van der Waals surface area contributed by atoms with Crippen molar-refractivity contribution in [1.29, 1.82) is 0 Å². The Balaban J connectivity index is 0.00000162. The number of hydrogen-bond acceptors (Lipinski definition) is 0. The van der Waals surface area contributed by atoms with Crippen LogP contribution >= 0.6 is 0 Å². The molecule has 5 heteroatoms. The number of para-hydroxylation sites is 4. The van der Waals surface area contributed by atoms with E-state index in [1.807, 2.05) is 0 Å². The van der Waals surface area contributed by atoms with E-state index in [1.165, 1.54) is 66.8 Å². The van der Waals surface area contributed by atoms with Crippen LogP contribution in [0.3, 0.4) is 0 Å². The average molecular weight is 723 g/mol. The molecule has 10 rings (SSSR count). The van der Waals surface area contributed by atoms with Crippen LogP contribution in [0.5, 0.6) is 0 Å². The first-order chi connectivity index (χ1) is 22.4. The van der Waals surface area contributed by atoms with Crippen molar-refractivity contribution >= 4 is 21.8 Å². The number of benzene rings is 6. The van der Waals surface area contributed by atoms with E-state index >= 15 is 0 Å². The SMILES string of the molecule is [Cl-].[Cl-].c1ccc(-n2c3c(c4ccccc42)[CH]([Zr+2][CH]2c4ccccc4-c4c2c2ccccc2n4-c2ccccc2)c2ccccc2-3)cc1. The third-order valence-electron chi connectivity index (χ3n) is 9.82. The molecular formula is C42H28Cl2N2Zr. The second-order valence-electron chi connectivity index (χ2n) is 12.1. The van der Waals surface area contributed by atoms with Crippen molar-refractivity contribution in [1.82, 2.24) is 9.13 Å². The van der Waals surface area contributed by atoms with Crippen molar-refractivity contribution in [2.45, 2.75) is 7.25 Å². The molecule has 0 amide bonds. The Kier molecular flexibility index (Phi) is 7.61. The van der Waals surface area contributed by atoms with Gasteiger partial charge in [0.2, 0.25) is 0 Å². The number of halogens is 2. The molecule has 2 aliphatic rings. The van der Waals surface area contributed by atoms with E-state index < -0.39 is 23.2 Å². The Morgan fingerprint density at radius 2 is 0.745 bits per heavy atom. The Morgan fingerprint density at radius 1 is 0.383 bits per heavy atom. The van der Waals surface area contributed by atoms with Crippen LogP contribution in [0.4, 0.5) is 0 Å². The van der Waals surface area contributed by atoms with Gasteiger partial charge in [0, 0.05) is 0 Å². The number of aromatic nitrogens is 2. The van der Waals surface area contributed by atoms with Gasteiger partial charge >= 0.3 is 275 Å². The first kappa shape index (κ1) is 30.2. The molecule has 0 N–H and O–H groups in total. The topological polar surface area (TPSA) is 9.86 Å². The monoisotopic (exact) mass is 720 g/mol. The van der Waals surface area contributed by atoms with Gasteiger partial charge in [-0.25, -0.2) is 0 Å². The molecule has 0 saturated heterocycles. The molecule has 0 fully saturated rings. The molecule has 0 bridgehead atoms. The summed E-state index contributed by atoms with van der Waals surface area (Å²) in [6.07, 6.45) is 0. The molecule has 0 spiro atoms. The van der Waals surface area contributed by atoms with E-state index in [9.17, 15) is 0 Å². The number of fused-ring (bicyclic) bond motifs is 10. The molecule has 0 aliphatic heterocycles. The molecule has 2 heterocycles. The van der Waals surface area contributed by atoms with Crippen LogP contribution in [0.25, 0.3) is 55.7 Å². The summed E-state index contributed by atoms with van der Waals surface area (Å²) in [6.45, 7) is 0. The van der Waals surface area contributed by atoms with Crippen molar-refractivity contribution in [3.8, 4) is 33.9 Å². The van der Waals surface area contributed by atoms with Gasteiger partial charge in [-0.1, -0.05) is 0 Å². The summed E-state index contributed by atoms with van der Waals surface area (Å²) in [5.74, 6) is 0. The van der Waals surface area contributed by atoms with E-state index in [2.05, 4.69) is 167 Å². The molecule has 6 aromatic carbocycles. The Bertz CT molecular complexity index is 2260. The minimum atomic E-state index is -1.21. The predicted molar refractivity (Wildman–Crippen MR) is 181 cm³/mol. The van der Waals surface area contributed by atoms with Crippen molar-refractivity contribution in [2.75, 3.05) is 0 Å². The second kappa shape index (κ2) is 11.8. The van der Waals surface area contributed by atoms with E-state index in [0.29, 0.717) is 7.25 Å². The van der Waals surface area contributed by atoms with Crippen LogP contribution in [-0.2, 0) is 23.2 Å². The van der Waals surface area contributed by atoms with Crippen molar-refractivity contribution in [3.63, 3.8) is 0 Å². The molecule has 224 valence electrons. The van der Waals surface area contributed by atoms with Crippen LogP contribution in [0.2, 0.25) is 0 Å². The molecule has 2 aliphatic carbocycles. The maximum atomic E-state index is 2.53. The first-order valence-electron chi connectivity index (χ1n) is 15.7. The van der Waals surface area contributed by atoms with Gasteiger partial charge in [-0.3, -0.25) is 0 Å². The van der Waals surface area contributed by atoms with Gasteiger partial charge < -0.3 is 24.8 Å². The Morgan fingerprint density at radius 3 is 1.19 bits per heavy atom. The van der Waals surface area contributed by atoms with Gasteiger partial charge in [0.05, 0.1) is 0 Å². The van der Waals surface area contributed by atoms with Gasteiger partial charge in [0.1, 0.15) is 0 Å². The molecule has 47 heavy (non-hydrogen) atoms. The summed E-state index contributed by atoms with van der Waals surface area (Å²) < 4.78 is 5.94. The zero-order chi connectivity index (χ0) is 29.5. The Hall–Kier alpha value is -4.14.